The molecule has 0 unspecified atom stereocenters. The van der Waals surface area contributed by atoms with Gasteiger partial charge in [-0.2, -0.15) is 5.26 Å². The number of nitrogens with one attached hydrogen (secondary N) is 2. The summed E-state index contributed by atoms with van der Waals surface area (Å²) in [5, 5.41) is 14.8. The Morgan fingerprint density at radius 3 is 2.27 bits per heavy atom. The first-order valence-electron chi connectivity index (χ1n) is 21.5. The van der Waals surface area contributed by atoms with Crippen LogP contribution in [0.2, 0.25) is 0 Å². The van der Waals surface area contributed by atoms with Crippen molar-refractivity contribution in [1.29, 1.82) is 5.26 Å². The molecule has 0 bridgehead atoms. The third kappa shape index (κ3) is 7.82. The monoisotopic (exact) mass is 846 g/mol. The van der Waals surface area contributed by atoms with E-state index in [9.17, 15) is 29.2 Å². The van der Waals surface area contributed by atoms with Gasteiger partial charge in [0, 0.05) is 67.9 Å². The molecule has 8 rings (SSSR count). The Morgan fingerprint density at radius 2 is 1.63 bits per heavy atom. The summed E-state index contributed by atoms with van der Waals surface area (Å²) in [6.07, 6.45) is 6.92. The third-order valence-electron chi connectivity index (χ3n) is 13.7. The second kappa shape index (κ2) is 16.7. The molecule has 2 saturated carbocycles. The van der Waals surface area contributed by atoms with Gasteiger partial charge in [-0.25, -0.2) is 9.97 Å². The van der Waals surface area contributed by atoms with Crippen LogP contribution in [-0.4, -0.2) is 113 Å². The lowest BCUT2D eigenvalue weighted by Crippen LogP contribution is -2.74. The molecule has 326 valence electrons. The van der Waals surface area contributed by atoms with Crippen molar-refractivity contribution < 1.29 is 38.2 Å². The molecule has 0 spiro atoms. The van der Waals surface area contributed by atoms with Crippen molar-refractivity contribution in [2.75, 3.05) is 38.2 Å². The number of anilines is 1. The van der Waals surface area contributed by atoms with Gasteiger partial charge in [-0.1, -0.05) is 34.6 Å². The first-order chi connectivity index (χ1) is 29.6. The fourth-order valence-corrected chi connectivity index (χ4v) is 10.4. The Morgan fingerprint density at radius 1 is 0.935 bits per heavy atom. The standard InChI is InChI=1S/C46H54N8O8/c1-7-52(28-18-31(19-28)61-29-10-11-32-33(20-29)42(59)54(41(32)58)35-12-13-38(55)50-40(35)57)25-26-14-16-53(17-15-26)37-24-48-34(23-49-37)39(56)51-43-45(2,3)44(46(43,4)5)62-30-9-8-27(22-47)36(21-30)60-6/h8-11,20-21,23-24,26,28,31,35,43-44H,7,12-19,25H2,1-6H3,(H,51,56)(H,50,55,57)/t28?,31?,35-,43?,44?/m1/s1. The molecule has 1 aromatic heterocycles. The van der Waals surface area contributed by atoms with E-state index in [0.717, 1.165) is 62.6 Å². The fourth-order valence-electron chi connectivity index (χ4n) is 10.4. The number of carbonyl (C=O) groups excluding carboxylic acids is 5. The quantitative estimate of drug-likeness (QED) is 0.228. The lowest BCUT2D eigenvalue weighted by atomic mass is 9.49. The summed E-state index contributed by atoms with van der Waals surface area (Å²) in [5.41, 5.74) is 0.333. The summed E-state index contributed by atoms with van der Waals surface area (Å²) in [7, 11) is 1.52. The van der Waals surface area contributed by atoms with E-state index < -0.39 is 40.5 Å². The molecule has 2 saturated heterocycles. The number of methoxy groups -OCH3 is 1. The molecule has 16 nitrogen and oxygen atoms in total. The number of rotatable bonds is 13. The van der Waals surface area contributed by atoms with Crippen molar-refractivity contribution in [2.24, 2.45) is 16.7 Å². The summed E-state index contributed by atoms with van der Waals surface area (Å²) in [6, 6.07) is 11.3. The molecule has 2 aliphatic carbocycles. The number of fused-ring (bicyclic) bond motifs is 1. The molecule has 4 heterocycles. The summed E-state index contributed by atoms with van der Waals surface area (Å²) >= 11 is 0. The van der Waals surface area contributed by atoms with Gasteiger partial charge < -0.3 is 29.3 Å². The first-order valence-corrected chi connectivity index (χ1v) is 21.5. The number of aromatic nitrogens is 2. The minimum absolute atomic E-state index is 0.0150. The predicted molar refractivity (Wildman–Crippen MR) is 226 cm³/mol. The van der Waals surface area contributed by atoms with Gasteiger partial charge in [-0.15, -0.1) is 0 Å². The normalized spacial score (nSPS) is 25.3. The SMILES string of the molecule is CCN(CC1CCN(c2cnc(C(=O)NC3C(C)(C)C(Oc4ccc(C#N)c(OC)c4)C3(C)C)cn2)CC1)C1CC(Oc2ccc3c(c2)C(=O)N([C@@H]2CCC(=O)NC2=O)C3=O)C1. The molecule has 1 atom stereocenters. The Bertz CT molecular complexity index is 2300. The van der Waals surface area contributed by atoms with Gasteiger partial charge in [0.05, 0.1) is 36.2 Å². The maximum absolute atomic E-state index is 13.5. The number of hydrogen-bond acceptors (Lipinski definition) is 13. The van der Waals surface area contributed by atoms with E-state index in [4.69, 9.17) is 14.2 Å². The van der Waals surface area contributed by atoms with E-state index in [2.05, 4.69) is 71.1 Å². The van der Waals surface area contributed by atoms with Crippen molar-refractivity contribution in [2.45, 2.75) is 103 Å². The highest BCUT2D eigenvalue weighted by Crippen LogP contribution is 2.55. The fraction of sp³-hybridized carbons (Fsp3) is 0.522. The third-order valence-corrected chi connectivity index (χ3v) is 13.7. The molecule has 4 fully saturated rings. The zero-order chi connectivity index (χ0) is 44.1. The molecular formula is C46H54N8O8. The van der Waals surface area contributed by atoms with Crippen molar-refractivity contribution in [3.05, 3.63) is 71.2 Å². The van der Waals surface area contributed by atoms with Crippen LogP contribution in [0.15, 0.2) is 48.8 Å². The highest BCUT2D eigenvalue weighted by atomic mass is 16.5. The highest BCUT2D eigenvalue weighted by Gasteiger charge is 2.64. The number of imide groups is 2. The summed E-state index contributed by atoms with van der Waals surface area (Å²) in [4.78, 5) is 78.7. The lowest BCUT2D eigenvalue weighted by Gasteiger charge is -2.63. The summed E-state index contributed by atoms with van der Waals surface area (Å²) < 4.78 is 18.1. The van der Waals surface area contributed by atoms with E-state index in [-0.39, 0.29) is 53.8 Å². The van der Waals surface area contributed by atoms with Crippen LogP contribution in [0.25, 0.3) is 0 Å². The van der Waals surface area contributed by atoms with Crippen LogP contribution in [0, 0.1) is 28.1 Å². The van der Waals surface area contributed by atoms with Crippen LogP contribution in [0.3, 0.4) is 0 Å². The Kier molecular flexibility index (Phi) is 11.4. The van der Waals surface area contributed by atoms with E-state index in [1.54, 1.807) is 48.8 Å². The van der Waals surface area contributed by atoms with Crippen LogP contribution in [0.5, 0.6) is 17.2 Å². The molecule has 0 radical (unpaired) electrons. The summed E-state index contributed by atoms with van der Waals surface area (Å²) in [6.45, 7) is 14.1. The minimum atomic E-state index is -1.00. The van der Waals surface area contributed by atoms with Gasteiger partial charge in [0.15, 0.2) is 0 Å². The van der Waals surface area contributed by atoms with Crippen molar-refractivity contribution >= 4 is 35.4 Å². The average Bonchev–Trinajstić information content (AvgIpc) is 3.49. The van der Waals surface area contributed by atoms with E-state index in [0.29, 0.717) is 34.8 Å². The second-order valence-corrected chi connectivity index (χ2v) is 18.3. The molecule has 5 aliphatic rings. The highest BCUT2D eigenvalue weighted by molar-refractivity contribution is 6.23. The van der Waals surface area contributed by atoms with Gasteiger partial charge in [0.25, 0.3) is 17.7 Å². The van der Waals surface area contributed by atoms with Crippen LogP contribution < -0.4 is 29.7 Å². The molecule has 5 amide bonds. The number of nitrogens with zero attached hydrogens (tertiary/aromatic N) is 6. The Hall–Kier alpha value is -6.08. The van der Waals surface area contributed by atoms with Gasteiger partial charge >= 0.3 is 0 Å². The Labute approximate surface area is 361 Å². The van der Waals surface area contributed by atoms with Crippen LogP contribution in [0.1, 0.15) is 110 Å². The molecule has 2 aromatic carbocycles. The number of hydrogen-bond donors (Lipinski definition) is 2. The smallest absolute Gasteiger partial charge is 0.271 e. The van der Waals surface area contributed by atoms with Crippen LogP contribution >= 0.6 is 0 Å². The maximum Gasteiger partial charge on any atom is 0.271 e. The van der Waals surface area contributed by atoms with Crippen LogP contribution in [0.4, 0.5) is 5.82 Å². The summed E-state index contributed by atoms with van der Waals surface area (Å²) in [5.74, 6) is 0.436. The zero-order valence-corrected chi connectivity index (χ0v) is 36.1. The molecule has 3 aliphatic heterocycles. The second-order valence-electron chi connectivity index (χ2n) is 18.3. The molecule has 2 N–H and O–H groups in total. The number of carbonyl (C=O) groups is 5. The van der Waals surface area contributed by atoms with Crippen molar-refractivity contribution in [1.82, 2.24) is 30.4 Å². The van der Waals surface area contributed by atoms with E-state index in [1.807, 2.05) is 0 Å². The molecular weight excluding hydrogens is 793 g/mol. The molecule has 3 aromatic rings. The van der Waals surface area contributed by atoms with Gasteiger partial charge in [-0.05, 0) is 62.1 Å². The zero-order valence-electron chi connectivity index (χ0n) is 36.1. The van der Waals surface area contributed by atoms with E-state index in [1.165, 1.54) is 7.11 Å². The Balaban J connectivity index is 0.783. The van der Waals surface area contributed by atoms with Gasteiger partial charge in [-0.3, -0.25) is 34.2 Å². The topological polar surface area (TPSA) is 196 Å². The maximum atomic E-state index is 13.5. The number of nitriles is 1. The van der Waals surface area contributed by atoms with Crippen molar-refractivity contribution in [3.8, 4) is 23.3 Å². The first kappa shape index (κ1) is 42.6. The van der Waals surface area contributed by atoms with Gasteiger partial charge in [0.1, 0.15) is 53.1 Å². The average molecular weight is 847 g/mol. The van der Waals surface area contributed by atoms with E-state index >= 15 is 0 Å². The van der Waals surface area contributed by atoms with Crippen LogP contribution in [-0.2, 0) is 9.59 Å². The van der Waals surface area contributed by atoms with Crippen molar-refractivity contribution in [3.63, 3.8) is 0 Å². The van der Waals surface area contributed by atoms with Gasteiger partial charge in [0.2, 0.25) is 11.8 Å². The molecule has 62 heavy (non-hydrogen) atoms. The number of piperidine rings is 2. The predicted octanol–water partition coefficient (Wildman–Crippen LogP) is 4.52. The molecule has 16 heteroatoms. The lowest BCUT2D eigenvalue weighted by molar-refractivity contribution is -0.164. The largest absolute Gasteiger partial charge is 0.495 e. The number of ether oxygens (including phenoxy) is 3. The minimum Gasteiger partial charge on any atom is -0.495 e. The number of amides is 5. The number of benzene rings is 2.